The SMILES string of the molecule is CCN=C(CC(C)=N)C(=O)N1CCc2cc(C(=O)NO)sc2C1. The summed E-state index contributed by atoms with van der Waals surface area (Å²) in [5.41, 5.74) is 3.48. The van der Waals surface area contributed by atoms with Crippen molar-refractivity contribution in [3.05, 3.63) is 21.4 Å². The molecule has 1 aromatic rings. The van der Waals surface area contributed by atoms with E-state index in [1.54, 1.807) is 23.4 Å². The maximum absolute atomic E-state index is 12.6. The molecule has 1 aliphatic rings. The number of amides is 2. The van der Waals surface area contributed by atoms with Gasteiger partial charge in [0.25, 0.3) is 11.8 Å². The Morgan fingerprint density at radius 2 is 2.26 bits per heavy atom. The van der Waals surface area contributed by atoms with E-state index in [4.69, 9.17) is 10.6 Å². The quantitative estimate of drug-likeness (QED) is 0.432. The van der Waals surface area contributed by atoms with E-state index >= 15 is 0 Å². The molecule has 8 heteroatoms. The van der Waals surface area contributed by atoms with Crippen molar-refractivity contribution >= 4 is 34.6 Å². The van der Waals surface area contributed by atoms with Crippen LogP contribution < -0.4 is 5.48 Å². The second-order valence-electron chi connectivity index (χ2n) is 5.35. The molecule has 1 aromatic heterocycles. The Morgan fingerprint density at radius 3 is 2.87 bits per heavy atom. The lowest BCUT2D eigenvalue weighted by atomic mass is 10.1. The lowest BCUT2D eigenvalue weighted by molar-refractivity contribution is -0.125. The van der Waals surface area contributed by atoms with Crippen LogP contribution in [-0.4, -0.2) is 46.4 Å². The first-order valence-corrected chi connectivity index (χ1v) is 8.20. The Balaban J connectivity index is 2.16. The molecule has 0 saturated carbocycles. The molecule has 0 unspecified atom stereocenters. The molecular formula is C15H20N4O3S. The standard InChI is InChI=1S/C15H20N4O3S/c1-3-17-11(6-9(2)16)15(21)19-5-4-10-7-12(14(20)18-22)23-13(10)8-19/h7,16,22H,3-6,8H2,1-2H3,(H,18,20). The highest BCUT2D eigenvalue weighted by Crippen LogP contribution is 2.28. The summed E-state index contributed by atoms with van der Waals surface area (Å²) in [7, 11) is 0. The van der Waals surface area contributed by atoms with Crippen LogP contribution >= 0.6 is 11.3 Å². The maximum Gasteiger partial charge on any atom is 0.284 e. The molecule has 1 aliphatic heterocycles. The molecule has 0 spiro atoms. The van der Waals surface area contributed by atoms with Gasteiger partial charge in [-0.25, -0.2) is 5.48 Å². The number of aliphatic imine (C=N–C) groups is 1. The van der Waals surface area contributed by atoms with E-state index in [0.717, 1.165) is 10.4 Å². The highest BCUT2D eigenvalue weighted by atomic mass is 32.1. The van der Waals surface area contributed by atoms with Gasteiger partial charge in [-0.15, -0.1) is 11.3 Å². The first-order chi connectivity index (χ1) is 11.0. The minimum absolute atomic E-state index is 0.148. The zero-order valence-electron chi connectivity index (χ0n) is 13.2. The zero-order chi connectivity index (χ0) is 17.0. The average Bonchev–Trinajstić information content (AvgIpc) is 2.95. The second kappa shape index (κ2) is 7.47. The molecular weight excluding hydrogens is 316 g/mol. The van der Waals surface area contributed by atoms with E-state index in [1.807, 2.05) is 6.92 Å². The molecule has 23 heavy (non-hydrogen) atoms. The fourth-order valence-electron chi connectivity index (χ4n) is 2.48. The minimum atomic E-state index is -0.532. The lowest BCUT2D eigenvalue weighted by Gasteiger charge is -2.27. The average molecular weight is 336 g/mol. The van der Waals surface area contributed by atoms with Crippen LogP contribution in [-0.2, 0) is 17.8 Å². The molecule has 0 radical (unpaired) electrons. The van der Waals surface area contributed by atoms with Gasteiger partial charge < -0.3 is 10.3 Å². The third-order valence-corrected chi connectivity index (χ3v) is 4.68. The van der Waals surface area contributed by atoms with Crippen LogP contribution in [0.4, 0.5) is 0 Å². The van der Waals surface area contributed by atoms with Gasteiger partial charge in [0.1, 0.15) is 5.71 Å². The Bertz CT molecular complexity index is 666. The van der Waals surface area contributed by atoms with Crippen LogP contribution in [0, 0.1) is 5.41 Å². The summed E-state index contributed by atoms with van der Waals surface area (Å²) in [5.74, 6) is -0.680. The molecule has 2 heterocycles. The molecule has 124 valence electrons. The topological polar surface area (TPSA) is 106 Å². The first kappa shape index (κ1) is 17.3. The number of rotatable bonds is 5. The maximum atomic E-state index is 12.6. The number of fused-ring (bicyclic) bond motifs is 1. The van der Waals surface area contributed by atoms with Gasteiger partial charge in [-0.2, -0.15) is 0 Å². The Labute approximate surface area is 138 Å². The van der Waals surface area contributed by atoms with Crippen LogP contribution in [0.1, 0.15) is 40.4 Å². The summed E-state index contributed by atoms with van der Waals surface area (Å²) >= 11 is 1.28. The van der Waals surface area contributed by atoms with E-state index in [2.05, 4.69) is 4.99 Å². The van der Waals surface area contributed by atoms with E-state index in [0.29, 0.717) is 42.4 Å². The number of hydrogen-bond acceptors (Lipinski definition) is 6. The van der Waals surface area contributed by atoms with Crippen molar-refractivity contribution in [2.24, 2.45) is 4.99 Å². The monoisotopic (exact) mass is 336 g/mol. The van der Waals surface area contributed by atoms with Crippen molar-refractivity contribution in [2.45, 2.75) is 33.2 Å². The number of carbonyl (C=O) groups is 2. The number of nitrogens with zero attached hydrogens (tertiary/aromatic N) is 2. The van der Waals surface area contributed by atoms with Gasteiger partial charge in [-0.3, -0.25) is 19.8 Å². The van der Waals surface area contributed by atoms with Crippen LogP contribution in [0.2, 0.25) is 0 Å². The largest absolute Gasteiger partial charge is 0.332 e. The highest BCUT2D eigenvalue weighted by molar-refractivity contribution is 7.14. The number of carbonyl (C=O) groups excluding carboxylic acids is 2. The van der Waals surface area contributed by atoms with Crippen molar-refractivity contribution < 1.29 is 14.8 Å². The Kier molecular flexibility index (Phi) is 5.62. The lowest BCUT2D eigenvalue weighted by Crippen LogP contribution is -2.40. The fourth-order valence-corrected chi connectivity index (χ4v) is 3.60. The number of hydrogen-bond donors (Lipinski definition) is 3. The second-order valence-corrected chi connectivity index (χ2v) is 6.49. The summed E-state index contributed by atoms with van der Waals surface area (Å²) in [4.78, 5) is 31.4. The van der Waals surface area contributed by atoms with Crippen LogP contribution in [0.5, 0.6) is 0 Å². The van der Waals surface area contributed by atoms with E-state index in [1.165, 1.54) is 11.3 Å². The predicted octanol–water partition coefficient (Wildman–Crippen LogP) is 1.64. The van der Waals surface area contributed by atoms with Crippen molar-refractivity contribution in [1.29, 1.82) is 5.41 Å². The molecule has 0 atom stereocenters. The molecule has 0 bridgehead atoms. The van der Waals surface area contributed by atoms with Crippen molar-refractivity contribution in [3.63, 3.8) is 0 Å². The van der Waals surface area contributed by atoms with Crippen molar-refractivity contribution in [1.82, 2.24) is 10.4 Å². The molecule has 7 nitrogen and oxygen atoms in total. The summed E-state index contributed by atoms with van der Waals surface area (Å²) < 4.78 is 0. The normalized spacial score (nSPS) is 14.4. The summed E-state index contributed by atoms with van der Waals surface area (Å²) in [6.45, 7) is 5.01. The molecule has 2 rings (SSSR count). The van der Waals surface area contributed by atoms with Crippen LogP contribution in [0.25, 0.3) is 0 Å². The van der Waals surface area contributed by atoms with Crippen LogP contribution in [0.15, 0.2) is 11.1 Å². The van der Waals surface area contributed by atoms with Gasteiger partial charge >= 0.3 is 0 Å². The Morgan fingerprint density at radius 1 is 1.52 bits per heavy atom. The van der Waals surface area contributed by atoms with E-state index in [-0.39, 0.29) is 12.3 Å². The van der Waals surface area contributed by atoms with Crippen molar-refractivity contribution in [3.8, 4) is 0 Å². The van der Waals surface area contributed by atoms with Gasteiger partial charge in [0, 0.05) is 30.1 Å². The zero-order valence-corrected chi connectivity index (χ0v) is 14.0. The van der Waals surface area contributed by atoms with Gasteiger partial charge in [0.2, 0.25) is 0 Å². The van der Waals surface area contributed by atoms with Gasteiger partial charge in [-0.1, -0.05) is 0 Å². The smallest absolute Gasteiger partial charge is 0.284 e. The molecule has 0 fully saturated rings. The number of hydroxylamine groups is 1. The number of nitrogens with one attached hydrogen (secondary N) is 2. The van der Waals surface area contributed by atoms with Crippen LogP contribution in [0.3, 0.4) is 0 Å². The van der Waals surface area contributed by atoms with Gasteiger partial charge in [0.05, 0.1) is 11.4 Å². The fraction of sp³-hybridized carbons (Fsp3) is 0.467. The molecule has 0 aliphatic carbocycles. The summed E-state index contributed by atoms with van der Waals surface area (Å²) in [6, 6.07) is 1.76. The minimum Gasteiger partial charge on any atom is -0.332 e. The molecule has 3 N–H and O–H groups in total. The highest BCUT2D eigenvalue weighted by Gasteiger charge is 2.26. The molecule has 0 aromatic carbocycles. The van der Waals surface area contributed by atoms with E-state index < -0.39 is 5.91 Å². The predicted molar refractivity (Wildman–Crippen MR) is 88.7 cm³/mol. The Hall–Kier alpha value is -2.06. The van der Waals surface area contributed by atoms with Gasteiger partial charge in [0.15, 0.2) is 0 Å². The summed E-state index contributed by atoms with van der Waals surface area (Å²) in [6.07, 6.45) is 0.928. The molecule has 0 saturated heterocycles. The molecule has 2 amide bonds. The van der Waals surface area contributed by atoms with Crippen molar-refractivity contribution in [2.75, 3.05) is 13.1 Å². The van der Waals surface area contributed by atoms with E-state index in [9.17, 15) is 9.59 Å². The summed E-state index contributed by atoms with van der Waals surface area (Å²) in [5, 5.41) is 16.3. The third kappa shape index (κ3) is 4.02. The number of thiophene rings is 1. The van der Waals surface area contributed by atoms with Gasteiger partial charge in [-0.05, 0) is 31.9 Å². The third-order valence-electron chi connectivity index (χ3n) is 3.52. The first-order valence-electron chi connectivity index (χ1n) is 7.38.